The zero-order valence-corrected chi connectivity index (χ0v) is 21.0. The summed E-state index contributed by atoms with van der Waals surface area (Å²) < 4.78 is 0. The molecule has 0 aliphatic carbocycles. The smallest absolute Gasteiger partial charge is 0.253 e. The van der Waals surface area contributed by atoms with Crippen molar-refractivity contribution in [1.82, 2.24) is 4.90 Å². The maximum atomic E-state index is 13.5. The number of halogens is 1. The lowest BCUT2D eigenvalue weighted by atomic mass is 9.94. The number of likely N-dealkylation sites (tertiary alicyclic amines) is 1. The average molecular weight is 469 g/mol. The highest BCUT2D eigenvalue weighted by molar-refractivity contribution is 6.30. The number of hydrogen-bond donors (Lipinski definition) is 0. The lowest BCUT2D eigenvalue weighted by Gasteiger charge is -2.34. The molecular formula is C28H37ClN2O2. The Morgan fingerprint density at radius 3 is 2.61 bits per heavy atom. The van der Waals surface area contributed by atoms with E-state index in [0.717, 1.165) is 66.1 Å². The van der Waals surface area contributed by atoms with Gasteiger partial charge in [0.05, 0.1) is 0 Å². The highest BCUT2D eigenvalue weighted by Crippen LogP contribution is 2.32. The second-order valence-electron chi connectivity index (χ2n) is 9.11. The van der Waals surface area contributed by atoms with E-state index in [2.05, 4.69) is 19.1 Å². The molecular weight excluding hydrogens is 432 g/mol. The van der Waals surface area contributed by atoms with Gasteiger partial charge in [0.15, 0.2) is 0 Å². The molecule has 0 spiro atoms. The third-order valence-corrected chi connectivity index (χ3v) is 6.82. The van der Waals surface area contributed by atoms with Crippen LogP contribution in [0.2, 0.25) is 5.02 Å². The molecule has 2 aliphatic rings. The molecule has 0 atom stereocenters. The Labute approximate surface area is 204 Å². The SMILES string of the molecule is CC=C(C=C(C)C=CCCC)C(=O)N1CCC(C(=O)N2CCCCc3cc(Cl)ccc32)CC1. The lowest BCUT2D eigenvalue weighted by molar-refractivity contribution is -0.131. The Morgan fingerprint density at radius 2 is 1.91 bits per heavy atom. The molecule has 0 unspecified atom stereocenters. The third-order valence-electron chi connectivity index (χ3n) is 6.58. The van der Waals surface area contributed by atoms with Crippen molar-refractivity contribution in [2.24, 2.45) is 5.92 Å². The first-order valence-corrected chi connectivity index (χ1v) is 12.7. The van der Waals surface area contributed by atoms with E-state index in [1.165, 1.54) is 0 Å². The van der Waals surface area contributed by atoms with Crippen LogP contribution in [0.3, 0.4) is 0 Å². The van der Waals surface area contributed by atoms with Gasteiger partial charge in [-0.1, -0.05) is 48.7 Å². The molecule has 0 aromatic heterocycles. The van der Waals surface area contributed by atoms with E-state index in [9.17, 15) is 9.59 Å². The number of carbonyl (C=O) groups is 2. The van der Waals surface area contributed by atoms with Gasteiger partial charge >= 0.3 is 0 Å². The molecule has 1 aromatic rings. The molecule has 3 rings (SSSR count). The van der Waals surface area contributed by atoms with Crippen molar-refractivity contribution in [2.45, 2.75) is 65.7 Å². The van der Waals surface area contributed by atoms with Gasteiger partial charge in [-0.05, 0) is 82.2 Å². The van der Waals surface area contributed by atoms with Crippen molar-refractivity contribution in [3.63, 3.8) is 0 Å². The van der Waals surface area contributed by atoms with Crippen LogP contribution in [0.1, 0.15) is 64.9 Å². The Bertz CT molecular complexity index is 939. The molecule has 0 N–H and O–H groups in total. The molecule has 4 nitrogen and oxygen atoms in total. The number of aryl methyl sites for hydroxylation is 1. The van der Waals surface area contributed by atoms with E-state index in [1.54, 1.807) is 0 Å². The predicted octanol–water partition coefficient (Wildman–Crippen LogP) is 6.50. The van der Waals surface area contributed by atoms with Crippen LogP contribution in [0.5, 0.6) is 0 Å². The summed E-state index contributed by atoms with van der Waals surface area (Å²) in [5.41, 5.74) is 3.97. The van der Waals surface area contributed by atoms with E-state index in [-0.39, 0.29) is 17.7 Å². The van der Waals surface area contributed by atoms with Crippen molar-refractivity contribution in [3.05, 3.63) is 64.2 Å². The molecule has 0 radical (unpaired) electrons. The van der Waals surface area contributed by atoms with Crippen LogP contribution >= 0.6 is 11.6 Å². The van der Waals surface area contributed by atoms with Crippen molar-refractivity contribution >= 4 is 29.1 Å². The highest BCUT2D eigenvalue weighted by atomic mass is 35.5. The van der Waals surface area contributed by atoms with Gasteiger partial charge in [0.1, 0.15) is 0 Å². The van der Waals surface area contributed by atoms with Crippen molar-refractivity contribution in [2.75, 3.05) is 24.5 Å². The maximum absolute atomic E-state index is 13.5. The van der Waals surface area contributed by atoms with E-state index < -0.39 is 0 Å². The summed E-state index contributed by atoms with van der Waals surface area (Å²) in [6.45, 7) is 8.08. The number of fused-ring (bicyclic) bond motifs is 1. The number of piperidine rings is 1. The van der Waals surface area contributed by atoms with Gasteiger partial charge in [-0.3, -0.25) is 9.59 Å². The Hall–Kier alpha value is -2.33. The van der Waals surface area contributed by atoms with Crippen LogP contribution < -0.4 is 4.90 Å². The van der Waals surface area contributed by atoms with Crippen LogP contribution in [0.25, 0.3) is 0 Å². The van der Waals surface area contributed by atoms with Gasteiger partial charge in [0.2, 0.25) is 5.91 Å². The molecule has 0 bridgehead atoms. The number of rotatable bonds is 6. The minimum absolute atomic E-state index is 0.0426. The van der Waals surface area contributed by atoms with Crippen molar-refractivity contribution < 1.29 is 9.59 Å². The van der Waals surface area contributed by atoms with Crippen LogP contribution in [0.4, 0.5) is 5.69 Å². The monoisotopic (exact) mass is 468 g/mol. The molecule has 2 heterocycles. The molecule has 1 fully saturated rings. The zero-order valence-electron chi connectivity index (χ0n) is 20.3. The normalized spacial score (nSPS) is 18.4. The van der Waals surface area contributed by atoms with Gasteiger partial charge < -0.3 is 9.80 Å². The summed E-state index contributed by atoms with van der Waals surface area (Å²) in [7, 11) is 0. The number of allylic oxidation sites excluding steroid dienone is 4. The summed E-state index contributed by atoms with van der Waals surface area (Å²) >= 11 is 6.20. The first-order valence-electron chi connectivity index (χ1n) is 12.3. The van der Waals surface area contributed by atoms with Gasteiger partial charge in [-0.2, -0.15) is 0 Å². The molecule has 1 aromatic carbocycles. The van der Waals surface area contributed by atoms with Crippen molar-refractivity contribution in [3.8, 4) is 0 Å². The number of unbranched alkanes of at least 4 members (excludes halogenated alkanes) is 1. The van der Waals surface area contributed by atoms with E-state index in [0.29, 0.717) is 25.9 Å². The van der Waals surface area contributed by atoms with Crippen LogP contribution in [-0.2, 0) is 16.0 Å². The highest BCUT2D eigenvalue weighted by Gasteiger charge is 2.32. The lowest BCUT2D eigenvalue weighted by Crippen LogP contribution is -2.45. The minimum atomic E-state index is -0.0426. The number of anilines is 1. The second kappa shape index (κ2) is 12.2. The summed E-state index contributed by atoms with van der Waals surface area (Å²) in [5.74, 6) is 0.205. The molecule has 33 heavy (non-hydrogen) atoms. The summed E-state index contributed by atoms with van der Waals surface area (Å²) in [5, 5.41) is 0.722. The first kappa shape index (κ1) is 25.3. The molecule has 2 amide bonds. The molecule has 1 saturated heterocycles. The van der Waals surface area contributed by atoms with Crippen LogP contribution in [-0.4, -0.2) is 36.3 Å². The molecule has 0 saturated carbocycles. The molecule has 5 heteroatoms. The second-order valence-corrected chi connectivity index (χ2v) is 9.55. The largest absolute Gasteiger partial charge is 0.339 e. The Kier molecular flexibility index (Phi) is 9.37. The molecule has 178 valence electrons. The van der Waals surface area contributed by atoms with Gasteiger partial charge in [0, 0.05) is 41.8 Å². The Balaban J connectivity index is 1.63. The van der Waals surface area contributed by atoms with Gasteiger partial charge in [-0.25, -0.2) is 0 Å². The van der Waals surface area contributed by atoms with E-state index >= 15 is 0 Å². The number of carbonyl (C=O) groups excluding carboxylic acids is 2. The fourth-order valence-corrected chi connectivity index (χ4v) is 4.88. The van der Waals surface area contributed by atoms with Crippen LogP contribution in [0.15, 0.2) is 53.6 Å². The minimum Gasteiger partial charge on any atom is -0.339 e. The van der Waals surface area contributed by atoms with E-state index in [4.69, 9.17) is 11.6 Å². The number of amides is 2. The zero-order chi connectivity index (χ0) is 23.8. The fraction of sp³-hybridized carbons (Fsp3) is 0.500. The average Bonchev–Trinajstić information content (AvgIpc) is 3.04. The number of benzene rings is 1. The Morgan fingerprint density at radius 1 is 1.15 bits per heavy atom. The van der Waals surface area contributed by atoms with Crippen LogP contribution in [0, 0.1) is 5.92 Å². The number of nitrogens with zero attached hydrogens (tertiary/aromatic N) is 2. The summed E-state index contributed by atoms with van der Waals surface area (Å²) in [6, 6.07) is 5.86. The topological polar surface area (TPSA) is 40.6 Å². The first-order chi connectivity index (χ1) is 15.9. The van der Waals surface area contributed by atoms with Gasteiger partial charge in [-0.15, -0.1) is 0 Å². The number of hydrogen-bond acceptors (Lipinski definition) is 2. The van der Waals surface area contributed by atoms with E-state index in [1.807, 2.05) is 54.0 Å². The summed E-state index contributed by atoms with van der Waals surface area (Å²) in [4.78, 5) is 30.4. The fourth-order valence-electron chi connectivity index (χ4n) is 4.68. The third kappa shape index (κ3) is 6.60. The van der Waals surface area contributed by atoms with Crippen molar-refractivity contribution in [1.29, 1.82) is 0 Å². The predicted molar refractivity (Wildman–Crippen MR) is 138 cm³/mol. The standard InChI is InChI=1S/C28H37ClN2O2/c1-4-6-7-10-21(3)19-22(5-2)27(32)30-17-14-23(15-18-30)28(33)31-16-9-8-11-24-20-25(29)12-13-26(24)31/h5,7,10,12-13,19-20,23H,4,6,8-9,11,14-18H2,1-3H3. The maximum Gasteiger partial charge on any atom is 0.253 e. The van der Waals surface area contributed by atoms with Gasteiger partial charge in [0.25, 0.3) is 5.91 Å². The summed E-state index contributed by atoms with van der Waals surface area (Å²) in [6.07, 6.45) is 14.7. The quantitative estimate of drug-likeness (QED) is 0.353. The molecule has 2 aliphatic heterocycles.